The van der Waals surface area contributed by atoms with Gasteiger partial charge in [0.25, 0.3) is 0 Å². The van der Waals surface area contributed by atoms with E-state index >= 15 is 0 Å². The molecule has 0 heterocycles. The third-order valence-corrected chi connectivity index (χ3v) is 49.3. The molecule has 4 aromatic rings. The van der Waals surface area contributed by atoms with Gasteiger partial charge in [0.15, 0.2) is 8.15 Å². The van der Waals surface area contributed by atoms with Crippen LogP contribution in [0.4, 0.5) is 0 Å². The van der Waals surface area contributed by atoms with Crippen molar-refractivity contribution in [3.05, 3.63) is 192 Å². The van der Waals surface area contributed by atoms with E-state index in [9.17, 15) is 0 Å². The van der Waals surface area contributed by atoms with Crippen LogP contribution in [0.2, 0.25) is 0 Å². The van der Waals surface area contributed by atoms with Crippen molar-refractivity contribution in [1.29, 1.82) is 0 Å². The molecule has 0 bridgehead atoms. The first-order valence-corrected chi connectivity index (χ1v) is 53.9. The number of aryl methyl sites for hydroxylation is 2. The average molecular weight is 2330 g/mol. The van der Waals surface area contributed by atoms with Gasteiger partial charge < -0.3 is 4.52 Å². The minimum Gasteiger partial charge on any atom is -0.379 e. The molecule has 0 atom stereocenters. The van der Waals surface area contributed by atoms with Crippen LogP contribution in [0.3, 0.4) is 0 Å². The Morgan fingerprint density at radius 2 is 0.467 bits per heavy atom. The summed E-state index contributed by atoms with van der Waals surface area (Å²) in [6, 6.07) is 37.9. The van der Waals surface area contributed by atoms with Gasteiger partial charge in [-0.3, -0.25) is 0 Å². The van der Waals surface area contributed by atoms with Gasteiger partial charge in [0.1, 0.15) is 0 Å². The molecular formula is C94H170Ir4OP8+4. The van der Waals surface area contributed by atoms with Crippen LogP contribution in [-0.4, -0.2) is 88.5 Å². The molecular weight excluding hydrogens is 2160 g/mol. The molecule has 624 valence electrons. The van der Waals surface area contributed by atoms with E-state index in [2.05, 4.69) is 405 Å². The number of benzene rings is 4. The van der Waals surface area contributed by atoms with Crippen LogP contribution >= 0.6 is 63.6 Å². The largest absolute Gasteiger partial charge is 0.379 e. The van der Waals surface area contributed by atoms with Gasteiger partial charge in [0.2, 0.25) is 0 Å². The van der Waals surface area contributed by atoms with Crippen molar-refractivity contribution in [3.63, 3.8) is 0 Å². The summed E-state index contributed by atoms with van der Waals surface area (Å²) >= 11 is 0. The molecule has 0 amide bonds. The maximum absolute atomic E-state index is 6.34. The topological polar surface area (TPSA) is 9.23 Å². The Labute approximate surface area is 733 Å². The van der Waals surface area contributed by atoms with Gasteiger partial charge in [-0.25, -0.2) is 0 Å². The molecule has 0 spiro atoms. The molecule has 107 heavy (non-hydrogen) atoms. The summed E-state index contributed by atoms with van der Waals surface area (Å²) in [4.78, 5) is 0. The second-order valence-electron chi connectivity index (χ2n) is 36.8. The van der Waals surface area contributed by atoms with Gasteiger partial charge in [-0.2, -0.15) is 83.9 Å². The molecule has 4 rings (SSSR count). The number of rotatable bonds is 28. The molecule has 1 nitrogen and oxygen atoms in total. The van der Waals surface area contributed by atoms with E-state index in [0.29, 0.717) is 31.9 Å². The molecule has 0 aliphatic carbocycles. The Balaban J connectivity index is -0.000000237. The predicted octanol–water partition coefficient (Wildman–Crippen LogP) is 31.0. The van der Waals surface area contributed by atoms with E-state index < -0.39 is 24.0 Å². The van der Waals surface area contributed by atoms with Crippen LogP contribution in [0.25, 0.3) is 0 Å². The Morgan fingerprint density at radius 1 is 0.290 bits per heavy atom. The van der Waals surface area contributed by atoms with E-state index in [4.69, 9.17) is 4.52 Å². The Bertz CT molecular complexity index is 2670. The van der Waals surface area contributed by atoms with E-state index in [1.165, 1.54) is 93.2 Å². The Kier molecular flexibility index (Phi) is 69.9. The molecule has 0 fully saturated rings. The van der Waals surface area contributed by atoms with Crippen LogP contribution in [0.15, 0.2) is 117 Å². The van der Waals surface area contributed by atoms with Crippen molar-refractivity contribution in [2.75, 3.05) is 0 Å². The standard InChI is InChI=1S/C25H45P2.C21H37P2.C20H35P2.C19H33OP2.3C3H4.4Ir/c1-19-14-20(17-26(22(2,3)4)23(5,6)7)16-21(15-19)18-27(24(8,9)10)25(11,12)13;1-15(2)22(16(3)4)13-20-10-19(9)11-21(12-20)14-23(17(5)6)18(7)8;1-15(2)21(16(3)4)13-19-10-9-11-20(12-19)14-22(17(5)6)18(7)8;1-14(2)21(15(3)4)13-18-10-9-11-19(12-18)20-22(16(5)6)17(7)8;3*1-3-2;;;;/h14-15H,17-18H2,1-13H3;10-11,15-18H,13-14H2,1-9H3;9-11,15-18H,13-14H2,1-8H3;9-11,14-17H,13H2,1-8H3;3*1-2H2;;;;/q4*-1;;;;;;;/p+8. The van der Waals surface area contributed by atoms with Crippen molar-refractivity contribution >= 4 is 63.6 Å². The molecule has 0 unspecified atom stereocenters. The SMILES string of the molecule is C=C=C.C=C=C.C=C=C.CC(C)[PH+](Cc1[c-]c(C[PH+](C(C)C)C(C)C)ccc1)C(C)C.CC(C)[PH+](Cc1[c-]c(O[PH+](C(C)C)C(C)C)ccc1)C(C)C.Cc1cc(C[PH+](C(C)(C)C)C(C)(C)C)[c-]c(C[PH+](C(C)(C)C)C(C)(C)C)c1.Cc1cc(C[PH+](C(C)C)C(C)C)[c-]c(C[PH+](C(C)C)C(C)C)c1.[Ir].[Ir].[Ir].[Ir]. The molecule has 4 radical (unpaired) electrons. The molecule has 0 aliphatic heterocycles. The van der Waals surface area contributed by atoms with Crippen LogP contribution in [0, 0.1) is 38.1 Å². The van der Waals surface area contributed by atoms with Gasteiger partial charge in [-0.1, -0.05) is 53.3 Å². The smallest absolute Gasteiger partial charge is 0.179 e. The zero-order valence-electron chi connectivity index (χ0n) is 76.1. The summed E-state index contributed by atoms with van der Waals surface area (Å²) in [6.45, 7) is 110. The minimum atomic E-state index is -0.831. The first kappa shape index (κ1) is 121. The van der Waals surface area contributed by atoms with Gasteiger partial charge >= 0.3 is 0 Å². The van der Waals surface area contributed by atoms with E-state index in [1.807, 2.05) is 0 Å². The summed E-state index contributed by atoms with van der Waals surface area (Å²) in [5.74, 6) is 0.961. The third kappa shape index (κ3) is 53.4. The first-order valence-electron chi connectivity index (χ1n) is 39.6. The summed E-state index contributed by atoms with van der Waals surface area (Å²) in [6.07, 6.45) is 8.75. The second-order valence-corrected chi connectivity index (χ2v) is 67.8. The summed E-state index contributed by atoms with van der Waals surface area (Å²) in [7, 11) is -3.71. The monoisotopic (exact) mass is 2330 g/mol. The maximum atomic E-state index is 6.34. The fraction of sp³-hybridized carbons (Fsp3) is 0.649. The second kappa shape index (κ2) is 61.6. The molecule has 13 heteroatoms. The normalized spacial score (nSPS) is 11.7. The van der Waals surface area contributed by atoms with Gasteiger partial charge in [0.05, 0.1) is 137 Å². The van der Waals surface area contributed by atoms with E-state index in [1.54, 1.807) is 0 Å². The summed E-state index contributed by atoms with van der Waals surface area (Å²) in [5.41, 5.74) is 29.2. The maximum Gasteiger partial charge on any atom is 0.179 e. The van der Waals surface area contributed by atoms with Crippen LogP contribution in [0.1, 0.15) is 299 Å². The zero-order chi connectivity index (χ0) is 81.0. The van der Waals surface area contributed by atoms with E-state index in [-0.39, 0.29) is 120 Å². The van der Waals surface area contributed by atoms with Gasteiger partial charge in [-0.15, -0.1) is 68.3 Å². The Hall–Kier alpha value is 1.28. The summed E-state index contributed by atoms with van der Waals surface area (Å²) < 4.78 is 6.34. The molecule has 4 aromatic carbocycles. The first-order chi connectivity index (χ1) is 47.1. The summed E-state index contributed by atoms with van der Waals surface area (Å²) in [5, 5.41) is 1.58. The zero-order valence-corrected chi connectivity index (χ0v) is 93.7. The van der Waals surface area contributed by atoms with Gasteiger partial charge in [-0.05, 0) is 249 Å². The fourth-order valence-electron chi connectivity index (χ4n) is 14.7. The number of hydrogen-bond acceptors (Lipinski definition) is 1. The fourth-order valence-corrected chi connectivity index (χ4v) is 38.6. The molecule has 0 N–H and O–H groups in total. The molecule has 0 saturated carbocycles. The third-order valence-electron chi connectivity index (χ3n) is 19.1. The van der Waals surface area contributed by atoms with Gasteiger partial charge in [0, 0.05) is 136 Å². The number of hydrogen-bond donors (Lipinski definition) is 0. The van der Waals surface area contributed by atoms with Crippen LogP contribution < -0.4 is 4.52 Å². The molecule has 0 aliphatic rings. The Morgan fingerprint density at radius 3 is 0.664 bits per heavy atom. The quantitative estimate of drug-likeness (QED) is 0.0313. The van der Waals surface area contributed by atoms with Crippen LogP contribution in [0.5, 0.6) is 5.75 Å². The molecule has 0 saturated heterocycles. The van der Waals surface area contributed by atoms with Crippen LogP contribution in [-0.2, 0) is 124 Å². The average Bonchev–Trinajstić information content (AvgIpc) is 0.838. The van der Waals surface area contributed by atoms with Crippen molar-refractivity contribution in [1.82, 2.24) is 0 Å². The van der Waals surface area contributed by atoms with Crippen molar-refractivity contribution < 1.29 is 84.9 Å². The molecule has 0 aromatic heterocycles. The van der Waals surface area contributed by atoms with Crippen molar-refractivity contribution in [2.24, 2.45) is 0 Å². The predicted molar refractivity (Wildman–Crippen MR) is 509 cm³/mol. The van der Waals surface area contributed by atoms with E-state index in [0.717, 1.165) is 62.3 Å². The van der Waals surface area contributed by atoms with Crippen molar-refractivity contribution in [3.8, 4) is 5.75 Å². The van der Waals surface area contributed by atoms with Crippen molar-refractivity contribution in [2.45, 2.75) is 395 Å². The minimum absolute atomic E-state index is 0.